The second-order valence-corrected chi connectivity index (χ2v) is 6.64. The van der Waals surface area contributed by atoms with Crippen molar-refractivity contribution in [1.29, 1.82) is 0 Å². The van der Waals surface area contributed by atoms with E-state index in [0.717, 1.165) is 36.1 Å². The first-order chi connectivity index (χ1) is 12.7. The summed E-state index contributed by atoms with van der Waals surface area (Å²) < 4.78 is 13.9. The molecule has 0 aliphatic carbocycles. The van der Waals surface area contributed by atoms with Gasteiger partial charge in [-0.3, -0.25) is 0 Å². The Morgan fingerprint density at radius 2 is 2.11 bits per heavy atom. The second-order valence-electron chi connectivity index (χ2n) is 6.21. The molecule has 2 aromatic rings. The summed E-state index contributed by atoms with van der Waals surface area (Å²) in [5.74, 6) is 0.896. The minimum absolute atomic E-state index is 0. The van der Waals surface area contributed by atoms with Crippen molar-refractivity contribution in [3.05, 3.63) is 59.0 Å². The van der Waals surface area contributed by atoms with Crippen LogP contribution in [-0.4, -0.2) is 36.6 Å². The van der Waals surface area contributed by atoms with Crippen molar-refractivity contribution in [2.24, 2.45) is 4.99 Å². The fourth-order valence-corrected chi connectivity index (χ4v) is 3.08. The molecule has 1 unspecified atom stereocenters. The van der Waals surface area contributed by atoms with E-state index in [2.05, 4.69) is 20.6 Å². The highest BCUT2D eigenvalue weighted by Gasteiger charge is 2.25. The number of hydrogen-bond donors (Lipinski definition) is 2. The van der Waals surface area contributed by atoms with Crippen LogP contribution < -0.4 is 15.5 Å². The number of rotatable bonds is 5. The van der Waals surface area contributed by atoms with Gasteiger partial charge < -0.3 is 15.5 Å². The van der Waals surface area contributed by atoms with Crippen molar-refractivity contribution in [1.82, 2.24) is 15.6 Å². The summed E-state index contributed by atoms with van der Waals surface area (Å²) in [5, 5.41) is 7.42. The predicted molar refractivity (Wildman–Crippen MR) is 120 cm³/mol. The highest BCUT2D eigenvalue weighted by molar-refractivity contribution is 14.0. The lowest BCUT2D eigenvalue weighted by Crippen LogP contribution is -2.44. The maximum atomic E-state index is 13.9. The third-order valence-electron chi connectivity index (χ3n) is 4.24. The number of hydrogen-bond acceptors (Lipinski definition) is 3. The SMILES string of the molecule is CCNC(=NCc1ccc(Cl)cc1)NC1CCN(c2ncccc2F)C1.I. The van der Waals surface area contributed by atoms with E-state index < -0.39 is 0 Å². The summed E-state index contributed by atoms with van der Waals surface area (Å²) in [5.41, 5.74) is 1.09. The van der Waals surface area contributed by atoms with E-state index in [1.165, 1.54) is 6.07 Å². The van der Waals surface area contributed by atoms with Crippen LogP contribution in [0.5, 0.6) is 0 Å². The molecule has 27 heavy (non-hydrogen) atoms. The monoisotopic (exact) mass is 503 g/mol. The Bertz CT molecular complexity index is 756. The lowest BCUT2D eigenvalue weighted by molar-refractivity contribution is 0.612. The number of nitrogens with zero attached hydrogens (tertiary/aromatic N) is 3. The first-order valence-electron chi connectivity index (χ1n) is 8.80. The molecule has 146 valence electrons. The number of nitrogens with one attached hydrogen (secondary N) is 2. The van der Waals surface area contributed by atoms with Crippen molar-refractivity contribution >= 4 is 47.4 Å². The van der Waals surface area contributed by atoms with Gasteiger partial charge in [0.2, 0.25) is 0 Å². The number of pyridine rings is 1. The summed E-state index contributed by atoms with van der Waals surface area (Å²) in [6, 6.07) is 10.9. The third kappa shape index (κ3) is 6.21. The Morgan fingerprint density at radius 1 is 1.33 bits per heavy atom. The first kappa shape index (κ1) is 21.7. The Morgan fingerprint density at radius 3 is 2.81 bits per heavy atom. The number of benzene rings is 1. The Kier molecular flexibility index (Phi) is 8.56. The van der Waals surface area contributed by atoms with Crippen LogP contribution >= 0.6 is 35.6 Å². The molecule has 0 bridgehead atoms. The zero-order valence-electron chi connectivity index (χ0n) is 15.2. The van der Waals surface area contributed by atoms with Gasteiger partial charge in [0, 0.05) is 36.9 Å². The van der Waals surface area contributed by atoms with Crippen LogP contribution in [0.4, 0.5) is 10.2 Å². The maximum Gasteiger partial charge on any atom is 0.191 e. The first-order valence-corrected chi connectivity index (χ1v) is 9.18. The zero-order chi connectivity index (χ0) is 18.4. The molecule has 1 aliphatic rings. The number of aromatic nitrogens is 1. The molecule has 1 atom stereocenters. The van der Waals surface area contributed by atoms with Crippen molar-refractivity contribution in [3.63, 3.8) is 0 Å². The topological polar surface area (TPSA) is 52.6 Å². The minimum Gasteiger partial charge on any atom is -0.357 e. The normalized spacial score (nSPS) is 16.8. The zero-order valence-corrected chi connectivity index (χ0v) is 18.2. The van der Waals surface area contributed by atoms with E-state index in [9.17, 15) is 4.39 Å². The average molecular weight is 504 g/mol. The Balaban J connectivity index is 0.00000261. The van der Waals surface area contributed by atoms with Crippen molar-refractivity contribution in [3.8, 4) is 0 Å². The molecule has 0 saturated carbocycles. The summed E-state index contributed by atoms with van der Waals surface area (Å²) in [6.07, 6.45) is 2.53. The van der Waals surface area contributed by atoms with Gasteiger partial charge in [-0.1, -0.05) is 23.7 Å². The van der Waals surface area contributed by atoms with Gasteiger partial charge in [-0.15, -0.1) is 24.0 Å². The molecule has 2 N–H and O–H groups in total. The number of aliphatic imine (C=N–C) groups is 1. The van der Waals surface area contributed by atoms with E-state index in [1.807, 2.05) is 36.1 Å². The molecule has 2 heterocycles. The lowest BCUT2D eigenvalue weighted by atomic mass is 10.2. The standard InChI is InChI=1S/C19H23ClFN5.HI/c1-2-22-19(24-12-14-5-7-15(20)8-6-14)25-16-9-11-26(13-16)18-17(21)4-3-10-23-18;/h3-8,10,16H,2,9,11-13H2,1H3,(H2,22,24,25);1H. The number of guanidine groups is 1. The molecule has 1 saturated heterocycles. The fraction of sp³-hybridized carbons (Fsp3) is 0.368. The van der Waals surface area contributed by atoms with E-state index in [-0.39, 0.29) is 35.8 Å². The number of halogens is 3. The molecule has 0 spiro atoms. The highest BCUT2D eigenvalue weighted by Crippen LogP contribution is 2.20. The quantitative estimate of drug-likeness (QED) is 0.370. The van der Waals surface area contributed by atoms with Crippen molar-refractivity contribution < 1.29 is 4.39 Å². The maximum absolute atomic E-state index is 13.9. The molecule has 1 aromatic heterocycles. The molecule has 1 aliphatic heterocycles. The Labute approximate surface area is 181 Å². The molecule has 0 amide bonds. The molecular formula is C19H24ClFIN5. The fourth-order valence-electron chi connectivity index (χ4n) is 2.95. The predicted octanol–water partition coefficient (Wildman–Crippen LogP) is 3.83. The number of anilines is 1. The summed E-state index contributed by atoms with van der Waals surface area (Å²) >= 11 is 5.92. The van der Waals surface area contributed by atoms with Gasteiger partial charge in [0.25, 0.3) is 0 Å². The summed E-state index contributed by atoms with van der Waals surface area (Å²) in [7, 11) is 0. The van der Waals surface area contributed by atoms with Crippen LogP contribution in [-0.2, 0) is 6.54 Å². The van der Waals surface area contributed by atoms with Gasteiger partial charge in [-0.2, -0.15) is 0 Å². The third-order valence-corrected chi connectivity index (χ3v) is 4.50. The van der Waals surface area contributed by atoms with Crippen LogP contribution in [0, 0.1) is 5.82 Å². The van der Waals surface area contributed by atoms with Gasteiger partial charge >= 0.3 is 0 Å². The van der Waals surface area contributed by atoms with Gasteiger partial charge in [-0.05, 0) is 43.2 Å². The van der Waals surface area contributed by atoms with Crippen LogP contribution in [0.2, 0.25) is 5.02 Å². The van der Waals surface area contributed by atoms with E-state index in [1.54, 1.807) is 12.3 Å². The molecular weight excluding hydrogens is 480 g/mol. The lowest BCUT2D eigenvalue weighted by Gasteiger charge is -2.20. The van der Waals surface area contributed by atoms with E-state index >= 15 is 0 Å². The van der Waals surface area contributed by atoms with Crippen molar-refractivity contribution in [2.75, 3.05) is 24.5 Å². The molecule has 1 aromatic carbocycles. The second kappa shape index (κ2) is 10.7. The summed E-state index contributed by atoms with van der Waals surface area (Å²) in [4.78, 5) is 10.8. The highest BCUT2D eigenvalue weighted by atomic mass is 127. The molecule has 1 fully saturated rings. The van der Waals surface area contributed by atoms with Crippen molar-refractivity contribution in [2.45, 2.75) is 25.9 Å². The average Bonchev–Trinajstić information content (AvgIpc) is 3.10. The van der Waals surface area contributed by atoms with Gasteiger partial charge in [0.05, 0.1) is 6.54 Å². The van der Waals surface area contributed by atoms with Crippen LogP contribution in [0.1, 0.15) is 18.9 Å². The largest absolute Gasteiger partial charge is 0.357 e. The molecule has 5 nitrogen and oxygen atoms in total. The van der Waals surface area contributed by atoms with Crippen LogP contribution in [0.3, 0.4) is 0 Å². The minimum atomic E-state index is -0.281. The summed E-state index contributed by atoms with van der Waals surface area (Å²) in [6.45, 7) is 4.83. The van der Waals surface area contributed by atoms with Gasteiger partial charge in [-0.25, -0.2) is 14.4 Å². The van der Waals surface area contributed by atoms with E-state index in [4.69, 9.17) is 11.6 Å². The van der Waals surface area contributed by atoms with Gasteiger partial charge in [0.15, 0.2) is 17.6 Å². The van der Waals surface area contributed by atoms with Gasteiger partial charge in [0.1, 0.15) is 0 Å². The smallest absolute Gasteiger partial charge is 0.191 e. The van der Waals surface area contributed by atoms with Crippen LogP contribution in [0.15, 0.2) is 47.6 Å². The van der Waals surface area contributed by atoms with Crippen LogP contribution in [0.25, 0.3) is 0 Å². The molecule has 3 rings (SSSR count). The molecule has 0 radical (unpaired) electrons. The Hall–Kier alpha value is -1.61. The molecule has 8 heteroatoms. The van der Waals surface area contributed by atoms with E-state index in [0.29, 0.717) is 18.9 Å².